The third-order valence-corrected chi connectivity index (χ3v) is 2.27. The molecule has 1 amide bonds. The summed E-state index contributed by atoms with van der Waals surface area (Å²) < 4.78 is 5.24. The zero-order valence-electron chi connectivity index (χ0n) is 9.67. The molecule has 3 heteroatoms. The van der Waals surface area contributed by atoms with Crippen LogP contribution in [0.1, 0.15) is 40.0 Å². The van der Waals surface area contributed by atoms with Crippen LogP contribution < -0.4 is 0 Å². The maximum Gasteiger partial charge on any atom is 0.410 e. The van der Waals surface area contributed by atoms with E-state index < -0.39 is 0 Å². The summed E-state index contributed by atoms with van der Waals surface area (Å²) in [4.78, 5) is 13.2. The molecule has 14 heavy (non-hydrogen) atoms. The van der Waals surface area contributed by atoms with Gasteiger partial charge in [0.25, 0.3) is 0 Å². The molecule has 1 aliphatic rings. The van der Waals surface area contributed by atoms with Crippen LogP contribution in [-0.4, -0.2) is 30.2 Å². The highest BCUT2D eigenvalue weighted by molar-refractivity contribution is 5.67. The second kappa shape index (κ2) is 4.20. The molecule has 1 fully saturated rings. The van der Waals surface area contributed by atoms with E-state index in [1.165, 1.54) is 12.8 Å². The lowest BCUT2D eigenvalue weighted by molar-refractivity contribution is 0.0295. The summed E-state index contributed by atoms with van der Waals surface area (Å²) in [7, 11) is 1.80. The van der Waals surface area contributed by atoms with E-state index in [0.717, 1.165) is 18.9 Å². The first-order valence-corrected chi connectivity index (χ1v) is 5.32. The molecule has 0 radical (unpaired) electrons. The van der Waals surface area contributed by atoms with Crippen LogP contribution in [0, 0.1) is 5.92 Å². The van der Waals surface area contributed by atoms with E-state index in [1.807, 2.05) is 20.8 Å². The largest absolute Gasteiger partial charge is 0.444 e. The number of rotatable bonds is 3. The molecule has 1 aliphatic carbocycles. The van der Waals surface area contributed by atoms with Gasteiger partial charge >= 0.3 is 6.09 Å². The molecule has 0 aromatic heterocycles. The molecule has 0 spiro atoms. The van der Waals surface area contributed by atoms with Crippen molar-refractivity contribution in [2.75, 3.05) is 13.6 Å². The van der Waals surface area contributed by atoms with Gasteiger partial charge < -0.3 is 9.64 Å². The molecular weight excluding hydrogens is 178 g/mol. The lowest BCUT2D eigenvalue weighted by Crippen LogP contribution is -2.34. The number of hydrogen-bond donors (Lipinski definition) is 0. The maximum absolute atomic E-state index is 11.5. The van der Waals surface area contributed by atoms with Crippen LogP contribution in [0.25, 0.3) is 0 Å². The Morgan fingerprint density at radius 3 is 2.43 bits per heavy atom. The van der Waals surface area contributed by atoms with E-state index in [1.54, 1.807) is 11.9 Å². The number of hydrogen-bond acceptors (Lipinski definition) is 2. The van der Waals surface area contributed by atoms with Crippen molar-refractivity contribution in [1.82, 2.24) is 4.90 Å². The third-order valence-electron chi connectivity index (χ3n) is 2.27. The Morgan fingerprint density at radius 1 is 1.43 bits per heavy atom. The summed E-state index contributed by atoms with van der Waals surface area (Å²) in [6, 6.07) is 0. The van der Waals surface area contributed by atoms with Crippen molar-refractivity contribution >= 4 is 6.09 Å². The Labute approximate surface area is 86.4 Å². The predicted molar refractivity (Wildman–Crippen MR) is 56.2 cm³/mol. The number of nitrogens with zero attached hydrogens (tertiary/aromatic N) is 1. The van der Waals surface area contributed by atoms with Gasteiger partial charge in [0.2, 0.25) is 0 Å². The molecule has 0 aromatic rings. The minimum absolute atomic E-state index is 0.210. The van der Waals surface area contributed by atoms with E-state index in [4.69, 9.17) is 4.74 Å². The first kappa shape index (κ1) is 11.3. The molecule has 0 bridgehead atoms. The first-order chi connectivity index (χ1) is 6.38. The van der Waals surface area contributed by atoms with Crippen molar-refractivity contribution in [3.05, 3.63) is 0 Å². The zero-order valence-corrected chi connectivity index (χ0v) is 9.67. The van der Waals surface area contributed by atoms with Crippen molar-refractivity contribution in [3.8, 4) is 0 Å². The molecule has 0 aliphatic heterocycles. The van der Waals surface area contributed by atoms with Crippen molar-refractivity contribution in [2.45, 2.75) is 45.6 Å². The average Bonchev–Trinajstić information content (AvgIpc) is 2.79. The van der Waals surface area contributed by atoms with Gasteiger partial charge in [-0.1, -0.05) is 12.8 Å². The second-order valence-corrected chi connectivity index (χ2v) is 5.13. The van der Waals surface area contributed by atoms with E-state index in [2.05, 4.69) is 0 Å². The Bertz CT molecular complexity index is 204. The minimum Gasteiger partial charge on any atom is -0.444 e. The highest BCUT2D eigenvalue weighted by Crippen LogP contribution is 2.32. The highest BCUT2D eigenvalue weighted by atomic mass is 16.6. The van der Waals surface area contributed by atoms with Gasteiger partial charge in [0, 0.05) is 13.6 Å². The Morgan fingerprint density at radius 2 is 2.00 bits per heavy atom. The van der Waals surface area contributed by atoms with E-state index in [9.17, 15) is 4.79 Å². The summed E-state index contributed by atoms with van der Waals surface area (Å²) in [5, 5.41) is 0. The first-order valence-electron chi connectivity index (χ1n) is 5.32. The fourth-order valence-electron chi connectivity index (χ4n) is 1.21. The van der Waals surface area contributed by atoms with Crippen LogP contribution in [0.15, 0.2) is 0 Å². The van der Waals surface area contributed by atoms with Crippen LogP contribution in [0.5, 0.6) is 0 Å². The Balaban J connectivity index is 2.20. The zero-order chi connectivity index (χ0) is 10.8. The van der Waals surface area contributed by atoms with Crippen LogP contribution in [0.3, 0.4) is 0 Å². The number of ether oxygens (including phenoxy) is 1. The predicted octanol–water partition coefficient (Wildman–Crippen LogP) is 2.65. The van der Waals surface area contributed by atoms with E-state index >= 15 is 0 Å². The van der Waals surface area contributed by atoms with Gasteiger partial charge in [-0.05, 0) is 33.1 Å². The van der Waals surface area contributed by atoms with Crippen molar-refractivity contribution in [1.29, 1.82) is 0 Å². The molecule has 0 N–H and O–H groups in total. The fourth-order valence-corrected chi connectivity index (χ4v) is 1.21. The number of carbonyl (C=O) groups is 1. The van der Waals surface area contributed by atoms with Gasteiger partial charge in [0.05, 0.1) is 0 Å². The topological polar surface area (TPSA) is 29.5 Å². The van der Waals surface area contributed by atoms with Gasteiger partial charge in [0.15, 0.2) is 0 Å². The molecule has 82 valence electrons. The highest BCUT2D eigenvalue weighted by Gasteiger charge is 2.24. The summed E-state index contributed by atoms with van der Waals surface area (Å²) in [5.74, 6) is 0.861. The maximum atomic E-state index is 11.5. The smallest absolute Gasteiger partial charge is 0.410 e. The number of amides is 1. The average molecular weight is 199 g/mol. The Kier molecular flexibility index (Phi) is 3.40. The van der Waals surface area contributed by atoms with Crippen LogP contribution >= 0.6 is 0 Å². The summed E-state index contributed by atoms with van der Waals surface area (Å²) in [6.45, 7) is 6.48. The van der Waals surface area contributed by atoms with E-state index in [0.29, 0.717) is 0 Å². The number of carbonyl (C=O) groups excluding carboxylic acids is 1. The van der Waals surface area contributed by atoms with Crippen LogP contribution in [0.4, 0.5) is 4.79 Å². The van der Waals surface area contributed by atoms with Gasteiger partial charge in [-0.15, -0.1) is 0 Å². The third kappa shape index (κ3) is 4.49. The molecule has 0 unspecified atom stereocenters. The molecule has 0 saturated heterocycles. The fraction of sp³-hybridized carbons (Fsp3) is 0.909. The molecule has 3 nitrogen and oxygen atoms in total. The standard InChI is InChI=1S/C11H21NO2/c1-11(2,3)14-10(13)12(4)8-7-9-5-6-9/h9H,5-8H2,1-4H3. The molecule has 0 aromatic carbocycles. The van der Waals surface area contributed by atoms with E-state index in [-0.39, 0.29) is 11.7 Å². The normalized spacial score (nSPS) is 16.6. The van der Waals surface area contributed by atoms with Crippen molar-refractivity contribution in [3.63, 3.8) is 0 Å². The van der Waals surface area contributed by atoms with Crippen molar-refractivity contribution in [2.24, 2.45) is 5.92 Å². The van der Waals surface area contributed by atoms with Gasteiger partial charge in [0.1, 0.15) is 5.60 Å². The lowest BCUT2D eigenvalue weighted by Gasteiger charge is -2.24. The minimum atomic E-state index is -0.384. The van der Waals surface area contributed by atoms with Crippen LogP contribution in [-0.2, 0) is 4.74 Å². The van der Waals surface area contributed by atoms with Crippen LogP contribution in [0.2, 0.25) is 0 Å². The summed E-state index contributed by atoms with van der Waals surface area (Å²) >= 11 is 0. The quantitative estimate of drug-likeness (QED) is 0.699. The molecule has 0 heterocycles. The lowest BCUT2D eigenvalue weighted by atomic mass is 10.2. The molecule has 0 atom stereocenters. The molecule has 1 saturated carbocycles. The molecular formula is C11H21NO2. The van der Waals surface area contributed by atoms with Gasteiger partial charge in [-0.2, -0.15) is 0 Å². The second-order valence-electron chi connectivity index (χ2n) is 5.13. The summed E-state index contributed by atoms with van der Waals surface area (Å²) in [6.07, 6.45) is 3.58. The van der Waals surface area contributed by atoms with Gasteiger partial charge in [-0.25, -0.2) is 4.79 Å². The van der Waals surface area contributed by atoms with Gasteiger partial charge in [-0.3, -0.25) is 0 Å². The molecule has 1 rings (SSSR count). The van der Waals surface area contributed by atoms with Crippen molar-refractivity contribution < 1.29 is 9.53 Å². The SMILES string of the molecule is CN(CCC1CC1)C(=O)OC(C)(C)C. The summed E-state index contributed by atoms with van der Waals surface area (Å²) in [5.41, 5.74) is -0.384. The monoisotopic (exact) mass is 199 g/mol. The Hall–Kier alpha value is -0.730.